The fourth-order valence-electron chi connectivity index (χ4n) is 2.66. The Morgan fingerprint density at radius 3 is 2.59 bits per heavy atom. The van der Waals surface area contributed by atoms with Gasteiger partial charge in [0.05, 0.1) is 5.69 Å². The van der Waals surface area contributed by atoms with Crippen LogP contribution in [0.15, 0.2) is 36.5 Å². The van der Waals surface area contributed by atoms with Crippen molar-refractivity contribution in [3.05, 3.63) is 54.0 Å². The highest BCUT2D eigenvalue weighted by molar-refractivity contribution is 5.74. The standard InChI is InChI=1S/C19H20F2N4O2/c1-19(2,3)27-18(26)23-8-6-16-24-15-5-4-7-22-17(15)25(16)14-10-12(20)9-13(21)11-14/h4-5,7,9-11H,6,8H2,1-3H3,(H,23,26). The van der Waals surface area contributed by atoms with Crippen LogP contribution in [0.3, 0.4) is 0 Å². The fourth-order valence-corrected chi connectivity index (χ4v) is 2.66. The van der Waals surface area contributed by atoms with Gasteiger partial charge in [-0.1, -0.05) is 0 Å². The molecule has 1 N–H and O–H groups in total. The van der Waals surface area contributed by atoms with E-state index in [0.29, 0.717) is 23.4 Å². The molecule has 2 aromatic heterocycles. The zero-order valence-corrected chi connectivity index (χ0v) is 15.3. The second-order valence-corrected chi connectivity index (χ2v) is 7.02. The number of amides is 1. The molecule has 0 aliphatic carbocycles. The summed E-state index contributed by atoms with van der Waals surface area (Å²) in [6.07, 6.45) is 1.37. The smallest absolute Gasteiger partial charge is 0.407 e. The van der Waals surface area contributed by atoms with Crippen LogP contribution in [0.4, 0.5) is 13.6 Å². The summed E-state index contributed by atoms with van der Waals surface area (Å²) in [5, 5.41) is 2.65. The Labute approximate surface area is 155 Å². The van der Waals surface area contributed by atoms with Crippen LogP contribution in [0.1, 0.15) is 26.6 Å². The van der Waals surface area contributed by atoms with Crippen molar-refractivity contribution >= 4 is 17.3 Å². The third-order valence-corrected chi connectivity index (χ3v) is 3.61. The fraction of sp³-hybridized carbons (Fsp3) is 0.316. The molecule has 27 heavy (non-hydrogen) atoms. The number of ether oxygens (including phenoxy) is 1. The Morgan fingerprint density at radius 2 is 1.93 bits per heavy atom. The van der Waals surface area contributed by atoms with Gasteiger partial charge in [0, 0.05) is 25.2 Å². The molecule has 0 spiro atoms. The largest absolute Gasteiger partial charge is 0.444 e. The molecule has 2 heterocycles. The summed E-state index contributed by atoms with van der Waals surface area (Å²) in [7, 11) is 0. The highest BCUT2D eigenvalue weighted by Crippen LogP contribution is 2.21. The molecule has 0 aliphatic rings. The summed E-state index contributed by atoms with van der Waals surface area (Å²) < 4.78 is 34.2. The summed E-state index contributed by atoms with van der Waals surface area (Å²) >= 11 is 0. The van der Waals surface area contributed by atoms with E-state index in [1.807, 2.05) is 0 Å². The van der Waals surface area contributed by atoms with Crippen LogP contribution in [-0.2, 0) is 11.2 Å². The van der Waals surface area contributed by atoms with E-state index in [2.05, 4.69) is 15.3 Å². The molecule has 0 unspecified atom stereocenters. The minimum Gasteiger partial charge on any atom is -0.444 e. The molecule has 0 bridgehead atoms. The normalized spacial score (nSPS) is 11.6. The van der Waals surface area contributed by atoms with E-state index >= 15 is 0 Å². The zero-order chi connectivity index (χ0) is 19.6. The molecule has 3 rings (SSSR count). The van der Waals surface area contributed by atoms with Crippen LogP contribution >= 0.6 is 0 Å². The molecule has 0 aliphatic heterocycles. The van der Waals surface area contributed by atoms with Crippen molar-refractivity contribution in [2.45, 2.75) is 32.8 Å². The topological polar surface area (TPSA) is 69.0 Å². The number of pyridine rings is 1. The molecule has 3 aromatic rings. The Kier molecular flexibility index (Phi) is 5.07. The number of halogens is 2. The first-order chi connectivity index (χ1) is 12.7. The number of fused-ring (bicyclic) bond motifs is 1. The van der Waals surface area contributed by atoms with E-state index in [0.717, 1.165) is 6.07 Å². The molecule has 0 atom stereocenters. The number of nitrogens with zero attached hydrogens (tertiary/aromatic N) is 3. The van der Waals surface area contributed by atoms with E-state index in [1.165, 1.54) is 12.1 Å². The average molecular weight is 374 g/mol. The van der Waals surface area contributed by atoms with E-state index in [-0.39, 0.29) is 12.2 Å². The lowest BCUT2D eigenvalue weighted by Crippen LogP contribution is -2.33. The number of carbonyl (C=O) groups is 1. The Bertz CT molecular complexity index is 959. The lowest BCUT2D eigenvalue weighted by atomic mass is 10.2. The number of aromatic nitrogens is 3. The quantitative estimate of drug-likeness (QED) is 0.755. The number of hydrogen-bond acceptors (Lipinski definition) is 4. The van der Waals surface area contributed by atoms with Crippen molar-refractivity contribution in [2.24, 2.45) is 0 Å². The van der Waals surface area contributed by atoms with Crippen molar-refractivity contribution in [1.82, 2.24) is 19.9 Å². The number of carbonyl (C=O) groups excluding carboxylic acids is 1. The summed E-state index contributed by atoms with van der Waals surface area (Å²) in [6, 6.07) is 6.72. The summed E-state index contributed by atoms with van der Waals surface area (Å²) in [5.41, 5.74) is 0.755. The van der Waals surface area contributed by atoms with Gasteiger partial charge in [-0.25, -0.2) is 23.5 Å². The lowest BCUT2D eigenvalue weighted by Gasteiger charge is -2.19. The monoisotopic (exact) mass is 374 g/mol. The first kappa shape index (κ1) is 18.8. The first-order valence-electron chi connectivity index (χ1n) is 8.48. The van der Waals surface area contributed by atoms with Gasteiger partial charge in [0.15, 0.2) is 5.65 Å². The predicted octanol–water partition coefficient (Wildman–Crippen LogP) is 3.77. The molecule has 142 valence electrons. The van der Waals surface area contributed by atoms with Gasteiger partial charge in [-0.2, -0.15) is 0 Å². The molecular formula is C19H20F2N4O2. The maximum atomic E-state index is 13.7. The molecule has 1 amide bonds. The number of nitrogens with one attached hydrogen (secondary N) is 1. The minimum atomic E-state index is -0.694. The Morgan fingerprint density at radius 1 is 1.22 bits per heavy atom. The molecule has 1 aromatic carbocycles. The maximum Gasteiger partial charge on any atom is 0.407 e. The van der Waals surface area contributed by atoms with E-state index in [9.17, 15) is 13.6 Å². The average Bonchev–Trinajstić information content (AvgIpc) is 2.90. The molecule has 8 heteroatoms. The third kappa shape index (κ3) is 4.58. The van der Waals surface area contributed by atoms with Crippen LogP contribution < -0.4 is 5.32 Å². The lowest BCUT2D eigenvalue weighted by molar-refractivity contribution is 0.0528. The number of hydrogen-bond donors (Lipinski definition) is 1. The SMILES string of the molecule is CC(C)(C)OC(=O)NCCc1nc2cccnc2n1-c1cc(F)cc(F)c1. The second kappa shape index (κ2) is 7.30. The van der Waals surface area contributed by atoms with Gasteiger partial charge in [-0.3, -0.25) is 4.57 Å². The van der Waals surface area contributed by atoms with Crippen molar-refractivity contribution in [3.8, 4) is 5.69 Å². The van der Waals surface area contributed by atoms with Crippen molar-refractivity contribution in [3.63, 3.8) is 0 Å². The summed E-state index contributed by atoms with van der Waals surface area (Å²) in [6.45, 7) is 5.57. The molecule has 0 saturated carbocycles. The first-order valence-corrected chi connectivity index (χ1v) is 8.48. The minimum absolute atomic E-state index is 0.246. The van der Waals surface area contributed by atoms with Crippen LogP contribution in [0.2, 0.25) is 0 Å². The van der Waals surface area contributed by atoms with Gasteiger partial charge < -0.3 is 10.1 Å². The Balaban J connectivity index is 1.88. The van der Waals surface area contributed by atoms with Gasteiger partial charge in [-0.05, 0) is 45.0 Å². The Hall–Kier alpha value is -3.03. The molecule has 0 fully saturated rings. The van der Waals surface area contributed by atoms with E-state index in [4.69, 9.17) is 4.74 Å². The van der Waals surface area contributed by atoms with Gasteiger partial charge in [0.1, 0.15) is 28.6 Å². The van der Waals surface area contributed by atoms with Crippen molar-refractivity contribution in [2.75, 3.05) is 6.54 Å². The number of benzene rings is 1. The highest BCUT2D eigenvalue weighted by atomic mass is 19.1. The molecule has 0 saturated heterocycles. The van der Waals surface area contributed by atoms with Crippen LogP contribution in [0, 0.1) is 11.6 Å². The van der Waals surface area contributed by atoms with Crippen LogP contribution in [-0.4, -0.2) is 32.8 Å². The molecule has 0 radical (unpaired) electrons. The molecular weight excluding hydrogens is 354 g/mol. The highest BCUT2D eigenvalue weighted by Gasteiger charge is 2.17. The van der Waals surface area contributed by atoms with Gasteiger partial charge in [-0.15, -0.1) is 0 Å². The van der Waals surface area contributed by atoms with Gasteiger partial charge >= 0.3 is 6.09 Å². The van der Waals surface area contributed by atoms with Crippen LogP contribution in [0.25, 0.3) is 16.9 Å². The number of alkyl carbamates (subject to hydrolysis) is 1. The van der Waals surface area contributed by atoms with E-state index in [1.54, 1.807) is 43.7 Å². The molecule has 6 nitrogen and oxygen atoms in total. The predicted molar refractivity (Wildman–Crippen MR) is 96.7 cm³/mol. The van der Waals surface area contributed by atoms with Gasteiger partial charge in [0.2, 0.25) is 0 Å². The van der Waals surface area contributed by atoms with Crippen molar-refractivity contribution in [1.29, 1.82) is 0 Å². The third-order valence-electron chi connectivity index (χ3n) is 3.61. The second-order valence-electron chi connectivity index (χ2n) is 7.02. The number of rotatable bonds is 4. The van der Waals surface area contributed by atoms with Gasteiger partial charge in [0.25, 0.3) is 0 Å². The summed E-state index contributed by atoms with van der Waals surface area (Å²) in [4.78, 5) is 20.5. The van der Waals surface area contributed by atoms with Crippen molar-refractivity contribution < 1.29 is 18.3 Å². The number of imidazole rings is 1. The maximum absolute atomic E-state index is 13.7. The van der Waals surface area contributed by atoms with Crippen LogP contribution in [0.5, 0.6) is 0 Å². The zero-order valence-electron chi connectivity index (χ0n) is 15.3. The summed E-state index contributed by atoms with van der Waals surface area (Å²) in [5.74, 6) is -0.869. The van der Waals surface area contributed by atoms with E-state index < -0.39 is 23.3 Å².